The lowest BCUT2D eigenvalue weighted by Gasteiger charge is -1.76. The molecular weight excluding hydrogens is 162 g/mol. The summed E-state index contributed by atoms with van der Waals surface area (Å²) < 4.78 is 4.85. The zero-order valence-corrected chi connectivity index (χ0v) is 9.85. The minimum absolute atomic E-state index is 0.903. The van der Waals surface area contributed by atoms with E-state index in [-0.39, 0.29) is 0 Å². The van der Waals surface area contributed by atoms with E-state index in [0.29, 0.717) is 0 Å². The molecule has 1 rings (SSSR count). The fraction of sp³-hybridized carbons (Fsp3) is 0.727. The molecule has 0 saturated carbocycles. The van der Waals surface area contributed by atoms with Crippen molar-refractivity contribution in [1.82, 2.24) is 4.98 Å². The van der Waals surface area contributed by atoms with Gasteiger partial charge in [-0.05, 0) is 13.8 Å². The largest absolute Gasteiger partial charge is 0.449 e. The molecule has 0 fully saturated rings. The topological polar surface area (TPSA) is 26.0 Å². The monoisotopic (exact) mass is 185 g/mol. The first-order chi connectivity index (χ1) is 6.13. The molecule has 0 spiro atoms. The van der Waals surface area contributed by atoms with Gasteiger partial charge in [0.2, 0.25) is 0 Å². The van der Waals surface area contributed by atoms with E-state index >= 15 is 0 Å². The molecule has 2 heteroatoms. The highest BCUT2D eigenvalue weighted by Crippen LogP contribution is 1.99. The molecule has 0 aliphatic heterocycles. The van der Waals surface area contributed by atoms with Crippen LogP contribution >= 0.6 is 0 Å². The normalized spacial score (nSPS) is 7.85. The molecule has 0 unspecified atom stereocenters. The lowest BCUT2D eigenvalue weighted by atomic mass is 10.4. The van der Waals surface area contributed by atoms with E-state index < -0.39 is 0 Å². The number of rotatable bonds is 0. The van der Waals surface area contributed by atoms with Gasteiger partial charge in [-0.2, -0.15) is 0 Å². The van der Waals surface area contributed by atoms with Crippen molar-refractivity contribution in [3.63, 3.8) is 0 Å². The predicted molar refractivity (Wildman–Crippen MR) is 57.9 cm³/mol. The highest BCUT2D eigenvalue weighted by atomic mass is 16.3. The third kappa shape index (κ3) is 11.2. The second-order valence-corrected chi connectivity index (χ2v) is 2.91. The Balaban J connectivity index is 0. The summed E-state index contributed by atoms with van der Waals surface area (Å²) in [5.74, 6) is 0.903. The Labute approximate surface area is 82.4 Å². The van der Waals surface area contributed by atoms with Crippen LogP contribution in [0.2, 0.25) is 0 Å². The molecular formula is C11H23NO. The molecule has 0 amide bonds. The summed E-state index contributed by atoms with van der Waals surface area (Å²) in [4.78, 5) is 3.85. The summed E-state index contributed by atoms with van der Waals surface area (Å²) >= 11 is 0. The number of oxazole rings is 1. The molecule has 0 radical (unpaired) electrons. The molecule has 78 valence electrons. The van der Waals surface area contributed by atoms with Gasteiger partial charge < -0.3 is 4.42 Å². The van der Waals surface area contributed by atoms with Crippen molar-refractivity contribution in [3.05, 3.63) is 17.8 Å². The van der Waals surface area contributed by atoms with Crippen molar-refractivity contribution < 1.29 is 4.42 Å². The number of hydrogen-bond donors (Lipinski definition) is 0. The molecule has 13 heavy (non-hydrogen) atoms. The zero-order valence-electron chi connectivity index (χ0n) is 9.85. The first-order valence-corrected chi connectivity index (χ1v) is 5.00. The Morgan fingerprint density at radius 2 is 1.46 bits per heavy atom. The van der Waals surface area contributed by atoms with Gasteiger partial charge in [0.05, 0.1) is 5.69 Å². The van der Waals surface area contributed by atoms with Crippen molar-refractivity contribution in [2.45, 2.75) is 54.4 Å². The van der Waals surface area contributed by atoms with Gasteiger partial charge in [0.25, 0.3) is 0 Å². The molecule has 0 N–H and O–H groups in total. The summed E-state index contributed by atoms with van der Waals surface area (Å²) in [5.41, 5.74) is 0.972. The van der Waals surface area contributed by atoms with Crippen molar-refractivity contribution in [1.29, 1.82) is 0 Å². The molecule has 0 atom stereocenters. The van der Waals surface area contributed by atoms with Crippen LogP contribution in [0.3, 0.4) is 0 Å². The maximum absolute atomic E-state index is 4.85. The minimum Gasteiger partial charge on any atom is -0.449 e. The number of nitrogens with zero attached hydrogens (tertiary/aromatic N) is 1. The van der Waals surface area contributed by atoms with Crippen LogP contribution in [0, 0.1) is 13.8 Å². The second kappa shape index (κ2) is 11.2. The maximum atomic E-state index is 4.85. The maximum Gasteiger partial charge on any atom is 0.181 e. The Hall–Kier alpha value is -0.790. The van der Waals surface area contributed by atoms with Gasteiger partial charge in [0, 0.05) is 0 Å². The summed E-state index contributed by atoms with van der Waals surface area (Å²) in [5, 5.41) is 0. The van der Waals surface area contributed by atoms with Gasteiger partial charge in [0.15, 0.2) is 6.39 Å². The molecule has 1 aromatic rings. The average Bonchev–Trinajstić information content (AvgIpc) is 2.39. The van der Waals surface area contributed by atoms with Gasteiger partial charge in [-0.25, -0.2) is 4.98 Å². The lowest BCUT2D eigenvalue weighted by molar-refractivity contribution is 0.525. The number of aryl methyl sites for hydroxylation is 2. The molecule has 0 saturated heterocycles. The van der Waals surface area contributed by atoms with Crippen LogP contribution < -0.4 is 0 Å². The Morgan fingerprint density at radius 1 is 1.08 bits per heavy atom. The van der Waals surface area contributed by atoms with E-state index in [2.05, 4.69) is 32.7 Å². The summed E-state index contributed by atoms with van der Waals surface area (Å²) in [6, 6.07) is 0. The smallest absolute Gasteiger partial charge is 0.181 e. The van der Waals surface area contributed by atoms with Crippen LogP contribution in [0.5, 0.6) is 0 Å². The average molecular weight is 185 g/mol. The number of hydrogen-bond acceptors (Lipinski definition) is 2. The fourth-order valence-electron chi connectivity index (χ4n) is 0.361. The van der Waals surface area contributed by atoms with E-state index in [0.717, 1.165) is 11.5 Å². The van der Waals surface area contributed by atoms with Gasteiger partial charge in [0.1, 0.15) is 5.76 Å². The van der Waals surface area contributed by atoms with Crippen LogP contribution in [-0.4, -0.2) is 4.98 Å². The molecule has 1 aromatic heterocycles. The van der Waals surface area contributed by atoms with Crippen molar-refractivity contribution >= 4 is 0 Å². The summed E-state index contributed by atoms with van der Waals surface area (Å²) in [7, 11) is 0. The van der Waals surface area contributed by atoms with Crippen molar-refractivity contribution in [2.24, 2.45) is 0 Å². The Bertz CT molecular complexity index is 163. The second-order valence-electron chi connectivity index (χ2n) is 2.91. The van der Waals surface area contributed by atoms with E-state index in [4.69, 9.17) is 4.42 Å². The van der Waals surface area contributed by atoms with Crippen LogP contribution in [0.25, 0.3) is 0 Å². The fourth-order valence-corrected chi connectivity index (χ4v) is 0.361. The third-order valence-corrected chi connectivity index (χ3v) is 0.985. The SMILES string of the molecule is CCC.CCC.Cc1ncoc1C. The molecule has 2 nitrogen and oxygen atoms in total. The van der Waals surface area contributed by atoms with Gasteiger partial charge >= 0.3 is 0 Å². The Kier molecular flexibility index (Phi) is 12.7. The third-order valence-electron chi connectivity index (χ3n) is 0.985. The van der Waals surface area contributed by atoms with Crippen LogP contribution in [-0.2, 0) is 0 Å². The van der Waals surface area contributed by atoms with E-state index in [9.17, 15) is 0 Å². The van der Waals surface area contributed by atoms with Crippen LogP contribution in [0.4, 0.5) is 0 Å². The number of aromatic nitrogens is 1. The first-order valence-electron chi connectivity index (χ1n) is 5.00. The Morgan fingerprint density at radius 3 is 1.54 bits per heavy atom. The highest BCUT2D eigenvalue weighted by molar-refractivity contribution is 5.00. The zero-order chi connectivity index (χ0) is 10.7. The molecule has 1 heterocycles. The lowest BCUT2D eigenvalue weighted by Crippen LogP contribution is -1.69. The van der Waals surface area contributed by atoms with Crippen LogP contribution in [0.1, 0.15) is 52.0 Å². The molecule has 0 aliphatic carbocycles. The summed E-state index contributed by atoms with van der Waals surface area (Å²) in [6.07, 6.45) is 3.95. The van der Waals surface area contributed by atoms with Crippen LogP contribution in [0.15, 0.2) is 10.8 Å². The van der Waals surface area contributed by atoms with Crippen molar-refractivity contribution in [2.75, 3.05) is 0 Å². The van der Waals surface area contributed by atoms with E-state index in [1.165, 1.54) is 19.2 Å². The van der Waals surface area contributed by atoms with Gasteiger partial charge in [-0.1, -0.05) is 40.5 Å². The first kappa shape index (κ1) is 14.7. The quantitative estimate of drug-likeness (QED) is 0.607. The molecule has 0 aromatic carbocycles. The predicted octanol–water partition coefficient (Wildman–Crippen LogP) is 4.12. The molecule has 0 bridgehead atoms. The van der Waals surface area contributed by atoms with Gasteiger partial charge in [-0.15, -0.1) is 0 Å². The minimum atomic E-state index is 0.903. The summed E-state index contributed by atoms with van der Waals surface area (Å²) in [6.45, 7) is 12.3. The standard InChI is InChI=1S/C5H7NO.2C3H8/c1-4-5(2)7-3-6-4;2*1-3-2/h3H,1-2H3;2*3H2,1-2H3. The van der Waals surface area contributed by atoms with E-state index in [1.54, 1.807) is 0 Å². The van der Waals surface area contributed by atoms with Gasteiger partial charge in [-0.3, -0.25) is 0 Å². The molecule has 0 aliphatic rings. The van der Waals surface area contributed by atoms with E-state index in [1.807, 2.05) is 13.8 Å². The highest BCUT2D eigenvalue weighted by Gasteiger charge is 1.90. The van der Waals surface area contributed by atoms with Crippen molar-refractivity contribution in [3.8, 4) is 0 Å².